The minimum Gasteiger partial charge on any atom is -0.490 e. The van der Waals surface area contributed by atoms with Gasteiger partial charge in [-0.15, -0.1) is 0 Å². The Hall–Kier alpha value is -2.36. The third kappa shape index (κ3) is 4.57. The van der Waals surface area contributed by atoms with Crippen LogP contribution < -0.4 is 10.1 Å². The summed E-state index contributed by atoms with van der Waals surface area (Å²) >= 11 is 0. The van der Waals surface area contributed by atoms with Crippen LogP contribution in [0, 0.1) is 5.82 Å². The number of hydrogen-bond acceptors (Lipinski definition) is 2. The van der Waals surface area contributed by atoms with E-state index in [2.05, 4.69) is 5.32 Å². The van der Waals surface area contributed by atoms with Gasteiger partial charge in [-0.2, -0.15) is 0 Å². The third-order valence-corrected chi connectivity index (χ3v) is 4.32. The lowest BCUT2D eigenvalue weighted by Crippen LogP contribution is -2.13. The summed E-state index contributed by atoms with van der Waals surface area (Å²) in [6.45, 7) is 0. The normalized spacial score (nSPS) is 14.5. The van der Waals surface area contributed by atoms with Gasteiger partial charge in [-0.25, -0.2) is 4.39 Å². The average Bonchev–Trinajstić information content (AvgIpc) is 3.09. The van der Waals surface area contributed by atoms with Gasteiger partial charge in [0, 0.05) is 12.1 Å². The zero-order valence-electron chi connectivity index (χ0n) is 13.6. The van der Waals surface area contributed by atoms with E-state index in [-0.39, 0.29) is 18.1 Å². The maximum absolute atomic E-state index is 13.5. The van der Waals surface area contributed by atoms with Crippen molar-refractivity contribution < 1.29 is 13.9 Å². The van der Waals surface area contributed by atoms with Crippen molar-refractivity contribution in [2.45, 2.75) is 44.6 Å². The van der Waals surface area contributed by atoms with Crippen LogP contribution in [0.1, 0.15) is 37.7 Å². The van der Waals surface area contributed by atoms with E-state index in [4.69, 9.17) is 4.74 Å². The topological polar surface area (TPSA) is 38.3 Å². The maximum atomic E-state index is 13.5. The molecule has 24 heavy (non-hydrogen) atoms. The SMILES string of the molecule is O=C(CCc1ccccc1F)Nc1ccc(OC2CCCC2)cc1. The van der Waals surface area contributed by atoms with Crippen LogP contribution in [0.15, 0.2) is 48.5 Å². The smallest absolute Gasteiger partial charge is 0.224 e. The number of amides is 1. The molecule has 0 unspecified atom stereocenters. The van der Waals surface area contributed by atoms with Gasteiger partial charge < -0.3 is 10.1 Å². The number of carbonyl (C=O) groups is 1. The molecule has 1 N–H and O–H groups in total. The monoisotopic (exact) mass is 327 g/mol. The number of nitrogens with one attached hydrogen (secondary N) is 1. The third-order valence-electron chi connectivity index (χ3n) is 4.32. The summed E-state index contributed by atoms with van der Waals surface area (Å²) in [6.07, 6.45) is 5.68. The first-order chi connectivity index (χ1) is 11.7. The lowest BCUT2D eigenvalue weighted by atomic mass is 10.1. The summed E-state index contributed by atoms with van der Waals surface area (Å²) in [5, 5.41) is 2.84. The van der Waals surface area contributed by atoms with Crippen molar-refractivity contribution in [2.24, 2.45) is 0 Å². The first kappa shape index (κ1) is 16.5. The fourth-order valence-electron chi connectivity index (χ4n) is 2.99. The number of carbonyl (C=O) groups excluding carboxylic acids is 1. The number of halogens is 1. The van der Waals surface area contributed by atoms with E-state index in [1.165, 1.54) is 18.9 Å². The molecule has 1 aliphatic rings. The molecule has 2 aromatic carbocycles. The summed E-state index contributed by atoms with van der Waals surface area (Å²) in [5.74, 6) is 0.452. The standard InChI is InChI=1S/C20H22FNO2/c21-19-8-4-1-5-15(19)9-14-20(23)22-16-10-12-18(13-11-16)24-17-6-2-3-7-17/h1,4-5,8,10-13,17H,2-3,6-7,9,14H2,(H,22,23). The lowest BCUT2D eigenvalue weighted by Gasteiger charge is -2.13. The second-order valence-corrected chi connectivity index (χ2v) is 6.19. The molecule has 3 rings (SSSR count). The van der Waals surface area contributed by atoms with Crippen LogP contribution in [0.3, 0.4) is 0 Å². The van der Waals surface area contributed by atoms with Gasteiger partial charge >= 0.3 is 0 Å². The van der Waals surface area contributed by atoms with Gasteiger partial charge in [0.25, 0.3) is 0 Å². The highest BCUT2D eigenvalue weighted by atomic mass is 19.1. The van der Waals surface area contributed by atoms with Gasteiger partial charge in [0.2, 0.25) is 5.91 Å². The Morgan fingerprint density at radius 2 is 1.79 bits per heavy atom. The molecule has 0 atom stereocenters. The van der Waals surface area contributed by atoms with Crippen LogP contribution in [-0.4, -0.2) is 12.0 Å². The van der Waals surface area contributed by atoms with E-state index in [0.717, 1.165) is 24.3 Å². The molecular formula is C20H22FNO2. The van der Waals surface area contributed by atoms with Crippen molar-refractivity contribution >= 4 is 11.6 Å². The molecule has 0 heterocycles. The van der Waals surface area contributed by atoms with Crippen LogP contribution in [0.25, 0.3) is 0 Å². The molecule has 1 saturated carbocycles. The minimum absolute atomic E-state index is 0.122. The Kier molecular flexibility index (Phi) is 5.47. The molecule has 2 aromatic rings. The predicted molar refractivity (Wildman–Crippen MR) is 92.7 cm³/mol. The van der Waals surface area contributed by atoms with Crippen molar-refractivity contribution in [3.8, 4) is 5.75 Å². The van der Waals surface area contributed by atoms with Gasteiger partial charge in [0.05, 0.1) is 6.10 Å². The molecule has 0 aliphatic heterocycles. The van der Waals surface area contributed by atoms with Gasteiger partial charge in [-0.05, 0) is 68.0 Å². The highest BCUT2D eigenvalue weighted by molar-refractivity contribution is 5.90. The fraction of sp³-hybridized carbons (Fsp3) is 0.350. The molecule has 0 bridgehead atoms. The highest BCUT2D eigenvalue weighted by Crippen LogP contribution is 2.25. The Bertz CT molecular complexity index is 678. The molecule has 1 aliphatic carbocycles. The second-order valence-electron chi connectivity index (χ2n) is 6.19. The summed E-state index contributed by atoms with van der Waals surface area (Å²) in [5.41, 5.74) is 1.29. The Morgan fingerprint density at radius 3 is 2.50 bits per heavy atom. The lowest BCUT2D eigenvalue weighted by molar-refractivity contribution is -0.116. The summed E-state index contributed by atoms with van der Waals surface area (Å²) in [7, 11) is 0. The zero-order chi connectivity index (χ0) is 16.8. The Balaban J connectivity index is 1.48. The molecule has 1 amide bonds. The van der Waals surface area contributed by atoms with Crippen molar-refractivity contribution in [3.63, 3.8) is 0 Å². The number of ether oxygens (including phenoxy) is 1. The van der Waals surface area contributed by atoms with Crippen molar-refractivity contribution in [1.82, 2.24) is 0 Å². The fourth-order valence-corrected chi connectivity index (χ4v) is 2.99. The molecule has 126 valence electrons. The van der Waals surface area contributed by atoms with Crippen LogP contribution in [-0.2, 0) is 11.2 Å². The van der Waals surface area contributed by atoms with Crippen LogP contribution in [0.4, 0.5) is 10.1 Å². The van der Waals surface area contributed by atoms with Crippen LogP contribution in [0.2, 0.25) is 0 Å². The number of benzene rings is 2. The quantitative estimate of drug-likeness (QED) is 0.834. The largest absolute Gasteiger partial charge is 0.490 e. The van der Waals surface area contributed by atoms with E-state index >= 15 is 0 Å². The first-order valence-corrected chi connectivity index (χ1v) is 8.51. The molecule has 4 heteroatoms. The van der Waals surface area contributed by atoms with Crippen molar-refractivity contribution in [2.75, 3.05) is 5.32 Å². The predicted octanol–water partition coefficient (Wildman–Crippen LogP) is 4.72. The molecule has 0 radical (unpaired) electrons. The summed E-state index contributed by atoms with van der Waals surface area (Å²) < 4.78 is 19.4. The van der Waals surface area contributed by atoms with E-state index in [9.17, 15) is 9.18 Å². The van der Waals surface area contributed by atoms with Crippen LogP contribution in [0.5, 0.6) is 5.75 Å². The van der Waals surface area contributed by atoms with Crippen LogP contribution >= 0.6 is 0 Å². The zero-order valence-corrected chi connectivity index (χ0v) is 13.6. The van der Waals surface area contributed by atoms with E-state index in [0.29, 0.717) is 18.1 Å². The minimum atomic E-state index is -0.265. The highest BCUT2D eigenvalue weighted by Gasteiger charge is 2.16. The number of rotatable bonds is 6. The van der Waals surface area contributed by atoms with Gasteiger partial charge in [0.1, 0.15) is 11.6 Å². The molecule has 0 saturated heterocycles. The molecular weight excluding hydrogens is 305 g/mol. The van der Waals surface area contributed by atoms with Crippen molar-refractivity contribution in [3.05, 3.63) is 59.9 Å². The number of aryl methyl sites for hydroxylation is 1. The average molecular weight is 327 g/mol. The van der Waals surface area contributed by atoms with E-state index in [1.54, 1.807) is 18.2 Å². The van der Waals surface area contributed by atoms with E-state index < -0.39 is 0 Å². The van der Waals surface area contributed by atoms with E-state index in [1.807, 2.05) is 24.3 Å². The molecule has 3 nitrogen and oxygen atoms in total. The summed E-state index contributed by atoms with van der Waals surface area (Å²) in [6, 6.07) is 14.0. The summed E-state index contributed by atoms with van der Waals surface area (Å²) in [4.78, 5) is 12.0. The molecule has 0 aromatic heterocycles. The maximum Gasteiger partial charge on any atom is 0.224 e. The number of anilines is 1. The molecule has 0 spiro atoms. The Morgan fingerprint density at radius 1 is 1.08 bits per heavy atom. The first-order valence-electron chi connectivity index (χ1n) is 8.51. The van der Waals surface area contributed by atoms with Gasteiger partial charge in [-0.3, -0.25) is 4.79 Å². The number of hydrogen-bond donors (Lipinski definition) is 1. The van der Waals surface area contributed by atoms with Crippen molar-refractivity contribution in [1.29, 1.82) is 0 Å². The van der Waals surface area contributed by atoms with Gasteiger partial charge in [-0.1, -0.05) is 18.2 Å². The molecule has 1 fully saturated rings. The Labute approximate surface area is 141 Å². The van der Waals surface area contributed by atoms with Gasteiger partial charge in [0.15, 0.2) is 0 Å². The second kappa shape index (κ2) is 7.95.